The number of aromatic nitrogens is 1. The van der Waals surface area contributed by atoms with Crippen molar-refractivity contribution in [2.24, 2.45) is 10.8 Å². The predicted octanol–water partition coefficient (Wildman–Crippen LogP) is 2.69. The lowest BCUT2D eigenvalue weighted by molar-refractivity contribution is -0.193. The summed E-state index contributed by atoms with van der Waals surface area (Å²) < 4.78 is 63.5. The van der Waals surface area contributed by atoms with Crippen molar-refractivity contribution in [1.82, 2.24) is 21.0 Å². The Morgan fingerprint density at radius 2 is 1.48 bits per heavy atom. The van der Waals surface area contributed by atoms with Gasteiger partial charge in [-0.25, -0.2) is 20.4 Å². The molecule has 0 fully saturated rings. The number of alkyl halides is 6. The molecule has 2 aromatic carbocycles. The number of rotatable bonds is 9. The number of aliphatic carboxylic acids is 3. The molecule has 1 atom stereocenters. The number of carboxylic acid groups (broad SMARTS) is 3. The van der Waals surface area contributed by atoms with E-state index in [1.165, 1.54) is 18.6 Å². The molecule has 3 rings (SSSR count). The first-order chi connectivity index (χ1) is 21.3. The summed E-state index contributed by atoms with van der Waals surface area (Å²) in [5.74, 6) is -2.46. The number of aliphatic imine (C=N–C) groups is 1. The van der Waals surface area contributed by atoms with Crippen molar-refractivity contribution >= 4 is 52.7 Å². The number of carbonyl (C=O) groups excluding carboxylic acids is 2. The van der Waals surface area contributed by atoms with Gasteiger partial charge in [-0.2, -0.15) is 26.3 Å². The van der Waals surface area contributed by atoms with Gasteiger partial charge in [-0.15, -0.1) is 0 Å². The third-order valence-corrected chi connectivity index (χ3v) is 5.02. The van der Waals surface area contributed by atoms with Crippen molar-refractivity contribution in [2.45, 2.75) is 24.8 Å². The molecule has 2 amide bonds. The molecule has 3 aromatic rings. The lowest BCUT2D eigenvalue weighted by Gasteiger charge is -2.18. The van der Waals surface area contributed by atoms with E-state index in [0.717, 1.165) is 10.9 Å². The van der Waals surface area contributed by atoms with Crippen LogP contribution in [0.3, 0.4) is 0 Å². The first-order valence-corrected chi connectivity index (χ1v) is 12.2. The second-order valence-electron chi connectivity index (χ2n) is 8.44. The van der Waals surface area contributed by atoms with Gasteiger partial charge in [0.05, 0.1) is 30.2 Å². The minimum Gasteiger partial charge on any atom is -0.481 e. The number of hydrogen-bond donors (Lipinski definition) is 7. The Hall–Kier alpha value is -5.79. The third kappa shape index (κ3) is 14.1. The average molecular weight is 663 g/mol. The lowest BCUT2D eigenvalue weighted by Crippen LogP contribution is -2.39. The van der Waals surface area contributed by atoms with Gasteiger partial charge in [0.15, 0.2) is 0 Å². The minimum absolute atomic E-state index is 0.310. The number of amides is 2. The quantitative estimate of drug-likeness (QED) is 0.0579. The molecule has 0 bridgehead atoms. The first kappa shape index (κ1) is 38.2. The summed E-state index contributed by atoms with van der Waals surface area (Å²) in [4.78, 5) is 62.2. The maximum atomic E-state index is 12.4. The van der Waals surface area contributed by atoms with Gasteiger partial charge in [0.1, 0.15) is 6.34 Å². The standard InChI is InChI=1S/C22H22N6O4.2C2HF3O2/c23-27-13-26-17-6-3-5-15(9-17)22(32)25-12-20(29)28-19(10-21(30)31)16-8-14-4-1-2-7-18(14)24-11-16;2*3-2(4,5)1(6)7/h1-9,11,13,19H,10,12,23H2,(H,25,32)(H,26,27)(H,28,29)(H,30,31);2*(H,6,7). The Kier molecular flexibility index (Phi) is 14.5. The van der Waals surface area contributed by atoms with E-state index < -0.39 is 48.1 Å². The maximum absolute atomic E-state index is 12.4. The molecule has 0 saturated carbocycles. The number of fused-ring (bicyclic) bond motifs is 1. The highest BCUT2D eigenvalue weighted by Crippen LogP contribution is 2.21. The second-order valence-corrected chi connectivity index (χ2v) is 8.44. The van der Waals surface area contributed by atoms with E-state index in [0.29, 0.717) is 16.8 Å². The van der Waals surface area contributed by atoms with Crippen LogP contribution in [0.1, 0.15) is 28.4 Å². The van der Waals surface area contributed by atoms with Gasteiger partial charge >= 0.3 is 30.3 Å². The number of halogens is 6. The molecule has 8 N–H and O–H groups in total. The number of benzene rings is 2. The first-order valence-electron chi connectivity index (χ1n) is 12.2. The number of carbonyl (C=O) groups is 5. The number of hydrazine groups is 1. The number of pyridine rings is 1. The van der Waals surface area contributed by atoms with Crippen LogP contribution in [0.5, 0.6) is 0 Å². The van der Waals surface area contributed by atoms with Crippen LogP contribution in [0, 0.1) is 0 Å². The van der Waals surface area contributed by atoms with Crippen LogP contribution in [0.25, 0.3) is 10.9 Å². The van der Waals surface area contributed by atoms with Crippen LogP contribution in [0.15, 0.2) is 65.8 Å². The molecule has 1 unspecified atom stereocenters. The Morgan fingerprint density at radius 3 is 2.02 bits per heavy atom. The van der Waals surface area contributed by atoms with Crippen LogP contribution in [-0.2, 0) is 19.2 Å². The minimum atomic E-state index is -5.08. The van der Waals surface area contributed by atoms with Gasteiger partial charge in [-0.1, -0.05) is 24.3 Å². The smallest absolute Gasteiger partial charge is 0.481 e. The fraction of sp³-hybridized carbons (Fsp3) is 0.192. The molecule has 0 aliphatic rings. The highest BCUT2D eigenvalue weighted by atomic mass is 19.4. The van der Waals surface area contributed by atoms with Crippen molar-refractivity contribution in [3.8, 4) is 0 Å². The normalized spacial score (nSPS) is 11.6. The zero-order valence-corrected chi connectivity index (χ0v) is 23.0. The molecule has 0 spiro atoms. The average Bonchev–Trinajstić information content (AvgIpc) is 2.97. The third-order valence-electron chi connectivity index (χ3n) is 5.02. The summed E-state index contributed by atoms with van der Waals surface area (Å²) in [6, 6.07) is 14.8. The molecule has 0 aliphatic carbocycles. The summed E-state index contributed by atoms with van der Waals surface area (Å²) in [6.45, 7) is -0.326. The number of hydrogen-bond acceptors (Lipinski definition) is 8. The zero-order chi connectivity index (χ0) is 35.1. The monoisotopic (exact) mass is 662 g/mol. The van der Waals surface area contributed by atoms with Crippen LogP contribution >= 0.6 is 0 Å². The fourth-order valence-electron chi connectivity index (χ4n) is 3.05. The molecule has 20 heteroatoms. The predicted molar refractivity (Wildman–Crippen MR) is 147 cm³/mol. The van der Waals surface area contributed by atoms with Crippen molar-refractivity contribution < 1.29 is 65.6 Å². The van der Waals surface area contributed by atoms with E-state index >= 15 is 0 Å². The molecule has 0 saturated heterocycles. The second kappa shape index (κ2) is 17.5. The van der Waals surface area contributed by atoms with E-state index in [2.05, 4.69) is 26.0 Å². The van der Waals surface area contributed by atoms with Gasteiger partial charge in [-0.05, 0) is 35.9 Å². The topological polar surface area (TPSA) is 233 Å². The Labute approximate surface area is 253 Å². The van der Waals surface area contributed by atoms with Gasteiger partial charge in [0.2, 0.25) is 5.91 Å². The van der Waals surface area contributed by atoms with Crippen LogP contribution < -0.4 is 21.9 Å². The fourth-order valence-corrected chi connectivity index (χ4v) is 3.05. The summed E-state index contributed by atoms with van der Waals surface area (Å²) in [5, 5.41) is 29.5. The highest BCUT2D eigenvalue weighted by molar-refractivity contribution is 5.97. The maximum Gasteiger partial charge on any atom is 0.490 e. The van der Waals surface area contributed by atoms with Crippen molar-refractivity contribution in [1.29, 1.82) is 0 Å². The number of nitrogens with one attached hydrogen (secondary N) is 3. The number of carboxylic acids is 3. The zero-order valence-electron chi connectivity index (χ0n) is 23.0. The van der Waals surface area contributed by atoms with E-state index in [9.17, 15) is 45.8 Å². The van der Waals surface area contributed by atoms with Gasteiger partial charge in [0, 0.05) is 17.1 Å². The largest absolute Gasteiger partial charge is 0.490 e. The SMILES string of the molecule is NNC=Nc1cccc(C(=O)NCC(=O)NC(CC(=O)O)c2cnc3ccccc3c2)c1.O=C(O)C(F)(F)F.O=C(O)C(F)(F)F. The van der Waals surface area contributed by atoms with E-state index in [1.807, 2.05) is 24.3 Å². The number of nitrogens with zero attached hydrogens (tertiary/aromatic N) is 2. The van der Waals surface area contributed by atoms with E-state index in [4.69, 9.17) is 25.6 Å². The molecule has 1 aromatic heterocycles. The number of nitrogens with two attached hydrogens (primary N) is 1. The lowest BCUT2D eigenvalue weighted by atomic mass is 10.0. The molecule has 248 valence electrons. The molecular formula is C26H24F6N6O8. The molecule has 1 heterocycles. The van der Waals surface area contributed by atoms with Crippen LogP contribution in [0.4, 0.5) is 32.0 Å². The molecule has 14 nitrogen and oxygen atoms in total. The molecule has 46 heavy (non-hydrogen) atoms. The van der Waals surface area contributed by atoms with Crippen molar-refractivity contribution in [2.75, 3.05) is 6.54 Å². The van der Waals surface area contributed by atoms with Gasteiger partial charge < -0.3 is 31.4 Å². The summed E-state index contributed by atoms with van der Waals surface area (Å²) in [5.41, 5.74) is 4.41. The van der Waals surface area contributed by atoms with E-state index in [1.54, 1.807) is 24.3 Å². The van der Waals surface area contributed by atoms with Gasteiger partial charge in [0.25, 0.3) is 5.91 Å². The molecular weight excluding hydrogens is 638 g/mol. The van der Waals surface area contributed by atoms with Gasteiger partial charge in [-0.3, -0.25) is 19.4 Å². The Bertz CT molecular complexity index is 1540. The number of para-hydroxylation sites is 1. The van der Waals surface area contributed by atoms with Crippen LogP contribution in [0.2, 0.25) is 0 Å². The van der Waals surface area contributed by atoms with Crippen LogP contribution in [-0.4, -0.2) is 75.3 Å². The summed E-state index contributed by atoms with van der Waals surface area (Å²) in [7, 11) is 0. The summed E-state index contributed by atoms with van der Waals surface area (Å²) >= 11 is 0. The Balaban J connectivity index is 0.000000629. The Morgan fingerprint density at radius 1 is 0.891 bits per heavy atom. The molecule has 0 radical (unpaired) electrons. The molecule has 0 aliphatic heterocycles. The summed E-state index contributed by atoms with van der Waals surface area (Å²) in [6.07, 6.45) is -7.68. The van der Waals surface area contributed by atoms with Crippen molar-refractivity contribution in [3.05, 3.63) is 71.9 Å². The van der Waals surface area contributed by atoms with E-state index in [-0.39, 0.29) is 13.0 Å². The van der Waals surface area contributed by atoms with Crippen molar-refractivity contribution in [3.63, 3.8) is 0 Å². The highest BCUT2D eigenvalue weighted by Gasteiger charge is 2.38.